The quantitative estimate of drug-likeness (QED) is 0.383. The molecule has 1 aliphatic rings. The molecule has 0 atom stereocenters. The molecule has 0 amide bonds. The molecule has 0 bridgehead atoms. The van der Waals surface area contributed by atoms with Crippen LogP contribution in [0.3, 0.4) is 0 Å². The lowest BCUT2D eigenvalue weighted by atomic mass is 9.78. The van der Waals surface area contributed by atoms with Crippen molar-refractivity contribution in [3.05, 3.63) is 47.8 Å². The molecule has 184 valence electrons. The summed E-state index contributed by atoms with van der Waals surface area (Å²) in [5, 5.41) is 3.13. The maximum absolute atomic E-state index is 14.1. The number of nitrogens with one attached hydrogen (secondary N) is 2. The highest BCUT2D eigenvalue weighted by molar-refractivity contribution is 5.81. The number of carbonyl (C=O) groups excluding carboxylic acids is 1. The molecule has 0 unspecified atom stereocenters. The van der Waals surface area contributed by atoms with Crippen LogP contribution in [-0.4, -0.2) is 29.2 Å². The molecule has 4 rings (SSSR count). The molecule has 7 heteroatoms. The fourth-order valence-corrected chi connectivity index (χ4v) is 4.03. The van der Waals surface area contributed by atoms with Crippen LogP contribution in [0.2, 0.25) is 0 Å². The van der Waals surface area contributed by atoms with E-state index in [-0.39, 0.29) is 18.1 Å². The Morgan fingerprint density at radius 3 is 2.38 bits per heavy atom. The molecule has 1 fully saturated rings. The van der Waals surface area contributed by atoms with Crippen LogP contribution >= 0.6 is 0 Å². The minimum absolute atomic E-state index is 0.110. The van der Waals surface area contributed by atoms with Crippen LogP contribution in [-0.2, 0) is 16.0 Å². The zero-order chi connectivity index (χ0) is 24.7. The highest BCUT2D eigenvalue weighted by Gasteiger charge is 2.20. The SMILES string of the molecule is CC1(C)CCCCC1.COC(=O)Cc1cc2[nH]c(Nc3ccc(OC(C)C)cc3)nc2cc1F. The third kappa shape index (κ3) is 7.47. The highest BCUT2D eigenvalue weighted by atomic mass is 19.1. The first-order chi connectivity index (χ1) is 16.1. The van der Waals surface area contributed by atoms with Gasteiger partial charge in [0.1, 0.15) is 11.6 Å². The van der Waals surface area contributed by atoms with Crippen molar-refractivity contribution in [2.75, 3.05) is 12.4 Å². The molecule has 0 saturated heterocycles. The van der Waals surface area contributed by atoms with E-state index < -0.39 is 11.8 Å². The van der Waals surface area contributed by atoms with Gasteiger partial charge in [-0.1, -0.05) is 33.1 Å². The lowest BCUT2D eigenvalue weighted by molar-refractivity contribution is -0.139. The van der Waals surface area contributed by atoms with Gasteiger partial charge in [-0.3, -0.25) is 4.79 Å². The Kier molecular flexibility index (Phi) is 8.53. The van der Waals surface area contributed by atoms with E-state index in [0.717, 1.165) is 11.4 Å². The lowest BCUT2D eigenvalue weighted by Gasteiger charge is -2.28. The van der Waals surface area contributed by atoms with Gasteiger partial charge in [-0.2, -0.15) is 0 Å². The summed E-state index contributed by atoms with van der Waals surface area (Å²) in [6, 6.07) is 10.3. The van der Waals surface area contributed by atoms with Crippen molar-refractivity contribution < 1.29 is 18.7 Å². The van der Waals surface area contributed by atoms with Crippen molar-refractivity contribution in [3.8, 4) is 5.75 Å². The van der Waals surface area contributed by atoms with Crippen LogP contribution in [0.1, 0.15) is 65.4 Å². The Balaban J connectivity index is 0.000000343. The van der Waals surface area contributed by atoms with Gasteiger partial charge in [-0.25, -0.2) is 9.37 Å². The fourth-order valence-electron chi connectivity index (χ4n) is 4.03. The number of carbonyl (C=O) groups is 1. The van der Waals surface area contributed by atoms with Crippen molar-refractivity contribution in [1.82, 2.24) is 9.97 Å². The van der Waals surface area contributed by atoms with Crippen LogP contribution in [0.4, 0.5) is 16.0 Å². The van der Waals surface area contributed by atoms with Gasteiger partial charge < -0.3 is 19.8 Å². The van der Waals surface area contributed by atoms with E-state index >= 15 is 0 Å². The van der Waals surface area contributed by atoms with Crippen molar-refractivity contribution in [3.63, 3.8) is 0 Å². The zero-order valence-corrected chi connectivity index (χ0v) is 20.8. The smallest absolute Gasteiger partial charge is 0.310 e. The van der Waals surface area contributed by atoms with E-state index in [1.54, 1.807) is 6.07 Å². The van der Waals surface area contributed by atoms with Gasteiger partial charge in [0.05, 0.1) is 30.7 Å². The molecule has 6 nitrogen and oxygen atoms in total. The van der Waals surface area contributed by atoms with Crippen molar-refractivity contribution >= 4 is 28.6 Å². The maximum Gasteiger partial charge on any atom is 0.310 e. The Morgan fingerprint density at radius 2 is 1.82 bits per heavy atom. The van der Waals surface area contributed by atoms with Crippen molar-refractivity contribution in [2.24, 2.45) is 5.41 Å². The molecular weight excluding hydrogens is 433 g/mol. The van der Waals surface area contributed by atoms with Gasteiger partial charge in [-0.15, -0.1) is 0 Å². The lowest BCUT2D eigenvalue weighted by Crippen LogP contribution is -2.14. The number of hydrogen-bond donors (Lipinski definition) is 2. The molecule has 0 radical (unpaired) electrons. The second-order valence-corrected chi connectivity index (χ2v) is 9.84. The number of aromatic amines is 1. The minimum atomic E-state index is -0.496. The second kappa shape index (κ2) is 11.4. The summed E-state index contributed by atoms with van der Waals surface area (Å²) in [7, 11) is 1.27. The summed E-state index contributed by atoms with van der Waals surface area (Å²) in [5.41, 5.74) is 2.86. The van der Waals surface area contributed by atoms with Crippen LogP contribution in [0.25, 0.3) is 11.0 Å². The normalized spacial score (nSPS) is 14.9. The van der Waals surface area contributed by atoms with Gasteiger partial charge >= 0.3 is 5.97 Å². The highest BCUT2D eigenvalue weighted by Crippen LogP contribution is 2.34. The van der Waals surface area contributed by atoms with Gasteiger partial charge in [0, 0.05) is 17.3 Å². The van der Waals surface area contributed by atoms with E-state index in [4.69, 9.17) is 4.74 Å². The number of aromatic nitrogens is 2. The molecule has 1 aliphatic carbocycles. The summed E-state index contributed by atoms with van der Waals surface area (Å²) in [6.45, 7) is 8.70. The van der Waals surface area contributed by atoms with E-state index in [2.05, 4.69) is 33.9 Å². The monoisotopic (exact) mass is 469 g/mol. The predicted octanol–water partition coefficient (Wildman–Crippen LogP) is 6.93. The van der Waals surface area contributed by atoms with Crippen LogP contribution < -0.4 is 10.1 Å². The first kappa shape index (κ1) is 25.5. The molecule has 2 aromatic carbocycles. The number of esters is 1. The van der Waals surface area contributed by atoms with Crippen molar-refractivity contribution in [1.29, 1.82) is 0 Å². The maximum atomic E-state index is 14.1. The van der Waals surface area contributed by atoms with Gasteiger partial charge in [-0.05, 0) is 62.4 Å². The van der Waals surface area contributed by atoms with Gasteiger partial charge in [0.2, 0.25) is 5.95 Å². The third-order valence-corrected chi connectivity index (χ3v) is 5.91. The zero-order valence-electron chi connectivity index (χ0n) is 20.8. The molecule has 1 saturated carbocycles. The summed E-state index contributed by atoms with van der Waals surface area (Å²) in [5.74, 6) is 0.276. The molecular formula is C27H36FN3O3. The van der Waals surface area contributed by atoms with Crippen molar-refractivity contribution in [2.45, 2.75) is 72.3 Å². The number of imidazole rings is 1. The first-order valence-electron chi connectivity index (χ1n) is 11.9. The summed E-state index contributed by atoms with van der Waals surface area (Å²) < 4.78 is 24.3. The van der Waals surface area contributed by atoms with E-state index in [0.29, 0.717) is 22.4 Å². The topological polar surface area (TPSA) is 76.2 Å². The van der Waals surface area contributed by atoms with Gasteiger partial charge in [0.15, 0.2) is 0 Å². The molecule has 0 spiro atoms. The molecule has 2 N–H and O–H groups in total. The molecule has 3 aromatic rings. The molecule has 1 aromatic heterocycles. The summed E-state index contributed by atoms with van der Waals surface area (Å²) in [4.78, 5) is 18.8. The number of methoxy groups -OCH3 is 1. The second-order valence-electron chi connectivity index (χ2n) is 9.84. The van der Waals surface area contributed by atoms with Gasteiger partial charge in [0.25, 0.3) is 0 Å². The molecule has 1 heterocycles. The van der Waals surface area contributed by atoms with E-state index in [9.17, 15) is 9.18 Å². The Hall–Kier alpha value is -3.09. The Bertz CT molecular complexity index is 1080. The first-order valence-corrected chi connectivity index (χ1v) is 11.9. The number of anilines is 2. The van der Waals surface area contributed by atoms with Crippen LogP contribution in [0, 0.1) is 11.2 Å². The standard InChI is InChI=1S/C19H20FN3O3.C8H16/c1-11(2)26-14-6-4-13(5-7-14)21-19-22-16-8-12(9-18(24)25-3)15(20)10-17(16)23-19;1-8(2)6-4-3-5-7-8/h4-8,10-11H,9H2,1-3H3,(H2,21,22,23);3-7H2,1-2H3. The third-order valence-electron chi connectivity index (χ3n) is 5.91. The fraction of sp³-hybridized carbons (Fsp3) is 0.481. The van der Waals surface area contributed by atoms with E-state index in [1.807, 2.05) is 38.1 Å². The number of halogens is 1. The van der Waals surface area contributed by atoms with E-state index in [1.165, 1.54) is 45.3 Å². The number of H-pyrrole nitrogens is 1. The number of fused-ring (bicyclic) bond motifs is 1. The Morgan fingerprint density at radius 1 is 1.15 bits per heavy atom. The number of rotatable bonds is 6. The van der Waals surface area contributed by atoms with Crippen LogP contribution in [0.15, 0.2) is 36.4 Å². The number of nitrogens with zero attached hydrogens (tertiary/aromatic N) is 1. The van der Waals surface area contributed by atoms with Crippen LogP contribution in [0.5, 0.6) is 5.75 Å². The number of ether oxygens (including phenoxy) is 2. The average molecular weight is 470 g/mol. The average Bonchev–Trinajstić information content (AvgIpc) is 3.16. The predicted molar refractivity (Wildman–Crippen MR) is 134 cm³/mol. The molecule has 34 heavy (non-hydrogen) atoms. The summed E-state index contributed by atoms with van der Waals surface area (Å²) in [6.07, 6.45) is 7.29. The number of benzene rings is 2. The number of hydrogen-bond acceptors (Lipinski definition) is 5. The largest absolute Gasteiger partial charge is 0.491 e. The minimum Gasteiger partial charge on any atom is -0.491 e. The summed E-state index contributed by atoms with van der Waals surface area (Å²) >= 11 is 0. The molecule has 0 aliphatic heterocycles. The Labute approximate surface area is 201 Å².